The Labute approximate surface area is 195 Å². The van der Waals surface area contributed by atoms with E-state index in [9.17, 15) is 21.6 Å². The predicted octanol–water partition coefficient (Wildman–Crippen LogP) is 1.58. The number of para-hydroxylation sites is 1. The summed E-state index contributed by atoms with van der Waals surface area (Å²) in [4.78, 5) is 19.2. The van der Waals surface area contributed by atoms with Crippen LogP contribution in [-0.2, 0) is 24.8 Å². The minimum atomic E-state index is -3.78. The molecule has 0 spiro atoms. The van der Waals surface area contributed by atoms with Gasteiger partial charge in [-0.2, -0.15) is 8.61 Å². The lowest BCUT2D eigenvalue weighted by atomic mass is 10.2. The van der Waals surface area contributed by atoms with E-state index in [4.69, 9.17) is 0 Å². The number of aryl methyl sites for hydroxylation is 1. The minimum absolute atomic E-state index is 0.0292. The molecule has 1 amide bonds. The van der Waals surface area contributed by atoms with Crippen molar-refractivity contribution in [1.82, 2.24) is 18.5 Å². The Hall–Kier alpha value is -2.08. The molecule has 180 valence electrons. The third kappa shape index (κ3) is 4.64. The fourth-order valence-electron chi connectivity index (χ4n) is 4.64. The molecule has 2 aromatic rings. The van der Waals surface area contributed by atoms with Gasteiger partial charge in [0.15, 0.2) is 0 Å². The van der Waals surface area contributed by atoms with E-state index in [0.717, 1.165) is 10.9 Å². The maximum absolute atomic E-state index is 13.4. The Balaban J connectivity index is 1.48. The van der Waals surface area contributed by atoms with Crippen LogP contribution in [0.25, 0.3) is 10.9 Å². The molecule has 0 saturated carbocycles. The summed E-state index contributed by atoms with van der Waals surface area (Å²) in [6, 6.07) is 6.33. The molecule has 2 fully saturated rings. The van der Waals surface area contributed by atoms with Gasteiger partial charge < -0.3 is 4.90 Å². The molecule has 33 heavy (non-hydrogen) atoms. The zero-order chi connectivity index (χ0) is 23.8. The van der Waals surface area contributed by atoms with Crippen molar-refractivity contribution >= 4 is 36.9 Å². The minimum Gasteiger partial charge on any atom is -0.339 e. The molecule has 2 aliphatic rings. The summed E-state index contributed by atoms with van der Waals surface area (Å²) in [5, 5.41) is 0.763. The molecule has 0 radical (unpaired) electrons. The molecule has 1 unspecified atom stereocenters. The molecule has 0 aliphatic carbocycles. The average Bonchev–Trinajstić information content (AvgIpc) is 3.29. The van der Waals surface area contributed by atoms with Crippen molar-refractivity contribution in [3.05, 3.63) is 36.0 Å². The van der Waals surface area contributed by atoms with Crippen molar-refractivity contribution in [2.75, 3.05) is 38.5 Å². The van der Waals surface area contributed by atoms with Crippen LogP contribution in [0, 0.1) is 6.92 Å². The highest BCUT2D eigenvalue weighted by molar-refractivity contribution is 7.89. The van der Waals surface area contributed by atoms with Gasteiger partial charge in [0.05, 0.1) is 11.3 Å². The van der Waals surface area contributed by atoms with Crippen molar-refractivity contribution < 1.29 is 21.6 Å². The summed E-state index contributed by atoms with van der Waals surface area (Å²) < 4.78 is 54.6. The van der Waals surface area contributed by atoms with Crippen LogP contribution in [-0.4, -0.2) is 85.8 Å². The standard InChI is InChI=1S/C22H30N4O5S2/c1-3-14-32(28,29)26-9-5-7-19(26)22(27)24-10-12-25(13-11-24)33(30,31)20-8-4-6-18-15-17(2)16-23-21(18)20/h4,6,8,15-16,19H,3,5,7,9-14H2,1-2H3. The van der Waals surface area contributed by atoms with Gasteiger partial charge in [0.25, 0.3) is 0 Å². The smallest absolute Gasteiger partial charge is 0.245 e. The van der Waals surface area contributed by atoms with E-state index in [1.54, 1.807) is 30.2 Å². The van der Waals surface area contributed by atoms with Gasteiger partial charge in [-0.1, -0.05) is 19.1 Å². The summed E-state index contributed by atoms with van der Waals surface area (Å²) in [7, 11) is -7.25. The molecule has 9 nitrogen and oxygen atoms in total. The third-order valence-electron chi connectivity index (χ3n) is 6.29. The lowest BCUT2D eigenvalue weighted by molar-refractivity contribution is -0.135. The van der Waals surface area contributed by atoms with Crippen molar-refractivity contribution in [2.24, 2.45) is 0 Å². The van der Waals surface area contributed by atoms with E-state index >= 15 is 0 Å². The number of hydrogen-bond donors (Lipinski definition) is 0. The van der Waals surface area contributed by atoms with Gasteiger partial charge in [0.1, 0.15) is 10.9 Å². The molecule has 4 rings (SSSR count). The number of carbonyl (C=O) groups is 1. The molecule has 2 saturated heterocycles. The highest BCUT2D eigenvalue weighted by atomic mass is 32.2. The van der Waals surface area contributed by atoms with Gasteiger partial charge in [-0.15, -0.1) is 0 Å². The Kier molecular flexibility index (Phi) is 6.77. The molecular formula is C22H30N4O5S2. The summed E-state index contributed by atoms with van der Waals surface area (Å²) in [5.41, 5.74) is 1.38. The van der Waals surface area contributed by atoms with Crippen LogP contribution in [0.1, 0.15) is 31.7 Å². The summed E-state index contributed by atoms with van der Waals surface area (Å²) in [5.74, 6) is -0.201. The monoisotopic (exact) mass is 494 g/mol. The third-order valence-corrected chi connectivity index (χ3v) is 10.3. The first-order valence-electron chi connectivity index (χ1n) is 11.3. The highest BCUT2D eigenvalue weighted by Gasteiger charge is 2.41. The first kappa shape index (κ1) is 24.1. The van der Waals surface area contributed by atoms with E-state index < -0.39 is 26.1 Å². The molecule has 1 aromatic carbocycles. The van der Waals surface area contributed by atoms with Gasteiger partial charge in [-0.25, -0.2) is 16.8 Å². The van der Waals surface area contributed by atoms with Crippen LogP contribution in [0.2, 0.25) is 0 Å². The topological polar surface area (TPSA) is 108 Å². The van der Waals surface area contributed by atoms with Crippen LogP contribution in [0.3, 0.4) is 0 Å². The van der Waals surface area contributed by atoms with E-state index in [-0.39, 0.29) is 42.7 Å². The summed E-state index contributed by atoms with van der Waals surface area (Å²) in [6.45, 7) is 4.84. The average molecular weight is 495 g/mol. The zero-order valence-corrected chi connectivity index (χ0v) is 20.6. The first-order chi connectivity index (χ1) is 15.6. The number of carbonyl (C=O) groups excluding carboxylic acids is 1. The molecule has 1 aromatic heterocycles. The summed E-state index contributed by atoms with van der Waals surface area (Å²) in [6.07, 6.45) is 3.30. The van der Waals surface area contributed by atoms with Crippen molar-refractivity contribution in [3.63, 3.8) is 0 Å². The number of fused-ring (bicyclic) bond motifs is 1. The van der Waals surface area contributed by atoms with Crippen LogP contribution in [0.4, 0.5) is 0 Å². The number of rotatable bonds is 6. The lowest BCUT2D eigenvalue weighted by Crippen LogP contribution is -2.55. The second kappa shape index (κ2) is 9.28. The second-order valence-corrected chi connectivity index (χ2v) is 12.6. The van der Waals surface area contributed by atoms with E-state index in [2.05, 4.69) is 4.98 Å². The Morgan fingerprint density at radius 3 is 2.52 bits per heavy atom. The normalized spacial score (nSPS) is 21.0. The van der Waals surface area contributed by atoms with Crippen molar-refractivity contribution in [2.45, 2.75) is 44.0 Å². The van der Waals surface area contributed by atoms with Crippen LogP contribution in [0.15, 0.2) is 35.4 Å². The number of sulfonamides is 2. The van der Waals surface area contributed by atoms with Crippen LogP contribution >= 0.6 is 0 Å². The molecule has 0 N–H and O–H groups in total. The highest BCUT2D eigenvalue weighted by Crippen LogP contribution is 2.27. The molecule has 1 atom stereocenters. The van der Waals surface area contributed by atoms with Crippen molar-refractivity contribution in [3.8, 4) is 0 Å². The molecule has 2 aliphatic heterocycles. The Bertz CT molecular complexity index is 1250. The largest absolute Gasteiger partial charge is 0.339 e. The quantitative estimate of drug-likeness (QED) is 0.603. The number of pyridine rings is 1. The molecular weight excluding hydrogens is 464 g/mol. The number of hydrogen-bond acceptors (Lipinski definition) is 6. The van der Waals surface area contributed by atoms with Gasteiger partial charge in [-0.05, 0) is 43.9 Å². The number of amides is 1. The maximum atomic E-state index is 13.4. The molecule has 11 heteroatoms. The number of nitrogens with zero attached hydrogens (tertiary/aromatic N) is 4. The van der Waals surface area contributed by atoms with E-state index in [0.29, 0.717) is 31.3 Å². The lowest BCUT2D eigenvalue weighted by Gasteiger charge is -2.36. The Morgan fingerprint density at radius 1 is 1.09 bits per heavy atom. The SMILES string of the molecule is CCCS(=O)(=O)N1CCCC1C(=O)N1CCN(S(=O)(=O)c2cccc3cc(C)cnc23)CC1. The van der Waals surface area contributed by atoms with E-state index in [1.807, 2.05) is 19.1 Å². The number of piperazine rings is 1. The Morgan fingerprint density at radius 2 is 1.82 bits per heavy atom. The fourth-order valence-corrected chi connectivity index (χ4v) is 7.97. The zero-order valence-electron chi connectivity index (χ0n) is 19.0. The van der Waals surface area contributed by atoms with Crippen molar-refractivity contribution in [1.29, 1.82) is 0 Å². The number of aromatic nitrogens is 1. The van der Waals surface area contributed by atoms with Gasteiger partial charge >= 0.3 is 0 Å². The van der Waals surface area contributed by atoms with Gasteiger partial charge in [-0.3, -0.25) is 9.78 Å². The molecule has 0 bridgehead atoms. The fraction of sp³-hybridized carbons (Fsp3) is 0.545. The predicted molar refractivity (Wildman–Crippen MR) is 126 cm³/mol. The van der Waals surface area contributed by atoms with Gasteiger partial charge in [0, 0.05) is 44.3 Å². The van der Waals surface area contributed by atoms with Crippen LogP contribution < -0.4 is 0 Å². The van der Waals surface area contributed by atoms with Gasteiger partial charge in [0.2, 0.25) is 26.0 Å². The maximum Gasteiger partial charge on any atom is 0.245 e. The summed E-state index contributed by atoms with van der Waals surface area (Å²) >= 11 is 0. The number of benzene rings is 1. The second-order valence-electron chi connectivity index (χ2n) is 8.65. The first-order valence-corrected chi connectivity index (χ1v) is 14.3. The van der Waals surface area contributed by atoms with E-state index in [1.165, 1.54) is 8.61 Å². The van der Waals surface area contributed by atoms with Crippen LogP contribution in [0.5, 0.6) is 0 Å². The molecule has 3 heterocycles.